The second-order valence-corrected chi connectivity index (χ2v) is 6.54. The van der Waals surface area contributed by atoms with Crippen LogP contribution in [0, 0.1) is 0 Å². The van der Waals surface area contributed by atoms with Crippen molar-refractivity contribution in [1.29, 1.82) is 0 Å². The summed E-state index contributed by atoms with van der Waals surface area (Å²) in [6.45, 7) is -0.0870. The van der Waals surface area contributed by atoms with Crippen molar-refractivity contribution in [2.24, 2.45) is 0 Å². The van der Waals surface area contributed by atoms with Gasteiger partial charge >= 0.3 is 11.8 Å². The van der Waals surface area contributed by atoms with Gasteiger partial charge in [0, 0.05) is 22.4 Å². The fraction of sp³-hybridized carbons (Fsp3) is 0.158. The molecule has 0 aliphatic heterocycles. The number of furan rings is 1. The third-order valence-corrected chi connectivity index (χ3v) is 4.81. The van der Waals surface area contributed by atoms with Gasteiger partial charge in [-0.1, -0.05) is 12.1 Å². The van der Waals surface area contributed by atoms with E-state index in [9.17, 15) is 14.7 Å². The van der Waals surface area contributed by atoms with Gasteiger partial charge in [-0.15, -0.1) is 11.3 Å². The van der Waals surface area contributed by atoms with Crippen molar-refractivity contribution in [3.8, 4) is 17.1 Å². The summed E-state index contributed by atoms with van der Waals surface area (Å²) in [6.07, 6.45) is 0.644. The zero-order valence-electron chi connectivity index (χ0n) is 14.5. The lowest BCUT2D eigenvalue weighted by atomic mass is 10.2. The third kappa shape index (κ3) is 4.55. The Morgan fingerprint density at radius 2 is 2.04 bits per heavy atom. The van der Waals surface area contributed by atoms with Crippen LogP contribution < -0.4 is 15.4 Å². The number of methoxy groups -OCH3 is 1. The molecule has 0 radical (unpaired) electrons. The number of benzene rings is 1. The van der Waals surface area contributed by atoms with Gasteiger partial charge < -0.3 is 24.9 Å². The molecule has 0 saturated carbocycles. The molecule has 0 fully saturated rings. The summed E-state index contributed by atoms with van der Waals surface area (Å²) < 4.78 is 10.4. The topological polar surface area (TPSA) is 101 Å². The van der Waals surface area contributed by atoms with Crippen molar-refractivity contribution in [3.63, 3.8) is 0 Å². The van der Waals surface area contributed by atoms with Crippen LogP contribution in [0.2, 0.25) is 0 Å². The number of hydrogen-bond donors (Lipinski definition) is 3. The molecule has 0 bridgehead atoms. The number of rotatable bonds is 6. The van der Waals surface area contributed by atoms with Gasteiger partial charge in [-0.25, -0.2) is 0 Å². The number of thiophene rings is 1. The third-order valence-electron chi connectivity index (χ3n) is 3.77. The summed E-state index contributed by atoms with van der Waals surface area (Å²) in [7, 11) is 1.47. The number of aliphatic hydroxyl groups is 1. The average molecular weight is 386 g/mol. The Hall–Kier alpha value is -3.10. The van der Waals surface area contributed by atoms with Crippen LogP contribution in [0.25, 0.3) is 11.3 Å². The SMILES string of the molecule is COc1ccccc1NC(=O)C(=O)NCC(O)c1cc(-c2ccco2)cs1. The lowest BCUT2D eigenvalue weighted by molar-refractivity contribution is -0.136. The van der Waals surface area contributed by atoms with Gasteiger partial charge in [0.2, 0.25) is 0 Å². The monoisotopic (exact) mass is 386 g/mol. The summed E-state index contributed by atoms with van der Waals surface area (Å²) in [5.41, 5.74) is 1.24. The first-order valence-electron chi connectivity index (χ1n) is 8.11. The molecule has 3 aromatic rings. The molecule has 2 heterocycles. The number of hydrogen-bond acceptors (Lipinski definition) is 6. The summed E-state index contributed by atoms with van der Waals surface area (Å²) in [4.78, 5) is 24.7. The Bertz CT molecular complexity index is 920. The Labute approximate surface area is 159 Å². The maximum absolute atomic E-state index is 12.0. The largest absolute Gasteiger partial charge is 0.495 e. The summed E-state index contributed by atoms with van der Waals surface area (Å²) in [5.74, 6) is -0.537. The van der Waals surface area contributed by atoms with Crippen LogP contribution in [-0.2, 0) is 9.59 Å². The molecule has 0 aliphatic carbocycles. The molecule has 0 spiro atoms. The van der Waals surface area contributed by atoms with Gasteiger partial charge in [0.25, 0.3) is 0 Å². The molecular formula is C19H18N2O5S. The molecule has 2 aromatic heterocycles. The van der Waals surface area contributed by atoms with E-state index in [2.05, 4.69) is 10.6 Å². The van der Waals surface area contributed by atoms with Crippen LogP contribution in [-0.4, -0.2) is 30.6 Å². The van der Waals surface area contributed by atoms with Crippen LogP contribution in [0.15, 0.2) is 58.5 Å². The number of nitrogens with one attached hydrogen (secondary N) is 2. The molecule has 3 rings (SSSR count). The second-order valence-electron chi connectivity index (χ2n) is 5.60. The highest BCUT2D eigenvalue weighted by atomic mass is 32.1. The molecule has 0 aliphatic rings. The van der Waals surface area contributed by atoms with Gasteiger partial charge in [-0.3, -0.25) is 9.59 Å². The predicted octanol–water partition coefficient (Wildman–Crippen LogP) is 2.81. The van der Waals surface area contributed by atoms with Crippen LogP contribution in [0.4, 0.5) is 5.69 Å². The molecule has 7 nitrogen and oxygen atoms in total. The van der Waals surface area contributed by atoms with E-state index in [1.54, 1.807) is 42.7 Å². The fourth-order valence-corrected chi connectivity index (χ4v) is 3.28. The van der Waals surface area contributed by atoms with Crippen LogP contribution in [0.3, 0.4) is 0 Å². The number of amides is 2. The minimum absolute atomic E-state index is 0.0870. The maximum atomic E-state index is 12.0. The smallest absolute Gasteiger partial charge is 0.313 e. The lowest BCUT2D eigenvalue weighted by Gasteiger charge is -2.11. The van der Waals surface area contributed by atoms with Crippen molar-refractivity contribution in [2.45, 2.75) is 6.10 Å². The molecule has 140 valence electrons. The first kappa shape index (κ1) is 18.7. The highest BCUT2D eigenvalue weighted by Crippen LogP contribution is 2.29. The van der Waals surface area contributed by atoms with Gasteiger partial charge in [-0.05, 0) is 30.3 Å². The van der Waals surface area contributed by atoms with Crippen molar-refractivity contribution in [2.75, 3.05) is 19.0 Å². The first-order chi connectivity index (χ1) is 13.1. The first-order valence-corrected chi connectivity index (χ1v) is 8.99. The van der Waals surface area contributed by atoms with Gasteiger partial charge in [0.15, 0.2) is 0 Å². The minimum atomic E-state index is -0.929. The van der Waals surface area contributed by atoms with E-state index in [-0.39, 0.29) is 6.54 Å². The van der Waals surface area contributed by atoms with E-state index >= 15 is 0 Å². The normalized spacial score (nSPS) is 11.6. The molecule has 3 N–H and O–H groups in total. The highest BCUT2D eigenvalue weighted by molar-refractivity contribution is 7.10. The number of aliphatic hydroxyl groups excluding tert-OH is 1. The Balaban J connectivity index is 1.54. The number of para-hydroxylation sites is 2. The molecule has 0 saturated heterocycles. The van der Waals surface area contributed by atoms with E-state index in [0.29, 0.717) is 22.1 Å². The number of ether oxygens (including phenoxy) is 1. The molecule has 1 atom stereocenters. The molecule has 27 heavy (non-hydrogen) atoms. The minimum Gasteiger partial charge on any atom is -0.495 e. The quantitative estimate of drug-likeness (QED) is 0.566. The molecule has 8 heteroatoms. The number of carbonyl (C=O) groups is 2. The van der Waals surface area contributed by atoms with Crippen molar-refractivity contribution >= 4 is 28.8 Å². The van der Waals surface area contributed by atoms with E-state index < -0.39 is 17.9 Å². The van der Waals surface area contributed by atoms with E-state index in [4.69, 9.17) is 9.15 Å². The van der Waals surface area contributed by atoms with Crippen molar-refractivity contribution in [1.82, 2.24) is 5.32 Å². The summed E-state index contributed by atoms with van der Waals surface area (Å²) in [6, 6.07) is 12.2. The molecule has 1 unspecified atom stereocenters. The van der Waals surface area contributed by atoms with Crippen LogP contribution >= 0.6 is 11.3 Å². The van der Waals surface area contributed by atoms with E-state index in [0.717, 1.165) is 5.56 Å². The average Bonchev–Trinajstić information content (AvgIpc) is 3.37. The van der Waals surface area contributed by atoms with Crippen LogP contribution in [0.5, 0.6) is 5.75 Å². The molecule has 2 amide bonds. The summed E-state index contributed by atoms with van der Waals surface area (Å²) >= 11 is 1.35. The van der Waals surface area contributed by atoms with Gasteiger partial charge in [0.1, 0.15) is 17.6 Å². The fourth-order valence-electron chi connectivity index (χ4n) is 2.40. The zero-order valence-corrected chi connectivity index (χ0v) is 15.3. The van der Waals surface area contributed by atoms with E-state index in [1.165, 1.54) is 18.4 Å². The van der Waals surface area contributed by atoms with Crippen molar-refractivity contribution in [3.05, 3.63) is 59.0 Å². The molecule has 1 aromatic carbocycles. The number of anilines is 1. The lowest BCUT2D eigenvalue weighted by Crippen LogP contribution is -2.37. The maximum Gasteiger partial charge on any atom is 0.313 e. The summed E-state index contributed by atoms with van der Waals surface area (Å²) in [5, 5.41) is 17.0. The van der Waals surface area contributed by atoms with Gasteiger partial charge in [-0.2, -0.15) is 0 Å². The number of carbonyl (C=O) groups excluding carboxylic acids is 2. The Morgan fingerprint density at radius 1 is 1.22 bits per heavy atom. The standard InChI is InChI=1S/C19H18N2O5S/c1-25-16-6-3-2-5-13(16)21-19(24)18(23)20-10-14(22)17-9-12(11-27-17)15-7-4-8-26-15/h2-9,11,14,22H,10H2,1H3,(H,20,23)(H,21,24). The van der Waals surface area contributed by atoms with Crippen molar-refractivity contribution < 1.29 is 23.8 Å². The zero-order chi connectivity index (χ0) is 19.2. The highest BCUT2D eigenvalue weighted by Gasteiger charge is 2.18. The van der Waals surface area contributed by atoms with E-state index in [1.807, 2.05) is 11.4 Å². The predicted molar refractivity (Wildman–Crippen MR) is 102 cm³/mol. The Morgan fingerprint density at radius 3 is 2.78 bits per heavy atom. The van der Waals surface area contributed by atoms with Gasteiger partial charge in [0.05, 0.1) is 19.1 Å². The second kappa shape index (κ2) is 8.52. The Kier molecular flexibility index (Phi) is 5.90. The molecular weight excluding hydrogens is 368 g/mol. The van der Waals surface area contributed by atoms with Crippen LogP contribution in [0.1, 0.15) is 11.0 Å².